The number of rotatable bonds is 5. The van der Waals surface area contributed by atoms with Gasteiger partial charge in [0.05, 0.1) is 5.69 Å². The van der Waals surface area contributed by atoms with Crippen LogP contribution in [0.1, 0.15) is 41.0 Å². The standard InChI is InChI=1S/C13H20N2O2S2/c1-9-11(12(16)17)19-13(14-9)18-8-6-10-5-3-4-7-15(10)2/h10H,3-8H2,1-2H3,(H,16,17). The number of thioether (sulfide) groups is 1. The fourth-order valence-corrected chi connectivity index (χ4v) is 4.56. The molecule has 0 spiro atoms. The van der Waals surface area contributed by atoms with Gasteiger partial charge in [-0.1, -0.05) is 18.2 Å². The van der Waals surface area contributed by atoms with Crippen molar-refractivity contribution in [1.29, 1.82) is 0 Å². The van der Waals surface area contributed by atoms with Crippen LogP contribution in [-0.2, 0) is 0 Å². The number of piperidine rings is 1. The summed E-state index contributed by atoms with van der Waals surface area (Å²) in [5.74, 6) is 0.148. The minimum absolute atomic E-state index is 0.372. The van der Waals surface area contributed by atoms with Crippen molar-refractivity contribution in [2.45, 2.75) is 43.0 Å². The predicted molar refractivity (Wildman–Crippen MR) is 79.4 cm³/mol. The number of likely N-dealkylation sites (tertiary alicyclic amines) is 1. The highest BCUT2D eigenvalue weighted by atomic mass is 32.2. The van der Waals surface area contributed by atoms with E-state index in [0.29, 0.717) is 16.6 Å². The van der Waals surface area contributed by atoms with Crippen molar-refractivity contribution < 1.29 is 9.90 Å². The Morgan fingerprint density at radius 3 is 3.00 bits per heavy atom. The van der Waals surface area contributed by atoms with E-state index < -0.39 is 5.97 Å². The van der Waals surface area contributed by atoms with E-state index in [0.717, 1.165) is 16.5 Å². The first-order valence-electron chi connectivity index (χ1n) is 6.61. The molecule has 1 aromatic rings. The molecule has 1 fully saturated rings. The maximum absolute atomic E-state index is 11.0. The molecule has 2 heterocycles. The van der Waals surface area contributed by atoms with E-state index in [1.54, 1.807) is 18.7 Å². The molecule has 1 aliphatic rings. The average Bonchev–Trinajstić information content (AvgIpc) is 2.73. The highest BCUT2D eigenvalue weighted by Gasteiger charge is 2.19. The van der Waals surface area contributed by atoms with Crippen LogP contribution < -0.4 is 0 Å². The Bertz CT molecular complexity index is 448. The molecular weight excluding hydrogens is 280 g/mol. The predicted octanol–water partition coefficient (Wildman–Crippen LogP) is 3.12. The number of nitrogens with zero attached hydrogens (tertiary/aromatic N) is 2. The summed E-state index contributed by atoms with van der Waals surface area (Å²) >= 11 is 2.98. The van der Waals surface area contributed by atoms with Gasteiger partial charge in [0, 0.05) is 11.8 Å². The van der Waals surface area contributed by atoms with Gasteiger partial charge in [-0.3, -0.25) is 0 Å². The third-order valence-corrected chi connectivity index (χ3v) is 5.89. The van der Waals surface area contributed by atoms with Gasteiger partial charge in [0.2, 0.25) is 0 Å². The molecule has 1 saturated heterocycles. The highest BCUT2D eigenvalue weighted by Crippen LogP contribution is 2.29. The monoisotopic (exact) mass is 300 g/mol. The Morgan fingerprint density at radius 2 is 2.37 bits per heavy atom. The topological polar surface area (TPSA) is 53.4 Å². The maximum Gasteiger partial charge on any atom is 0.347 e. The van der Waals surface area contributed by atoms with E-state index in [9.17, 15) is 4.79 Å². The zero-order valence-electron chi connectivity index (χ0n) is 11.4. The molecule has 0 aromatic carbocycles. The Hall–Kier alpha value is -0.590. The van der Waals surface area contributed by atoms with Crippen LogP contribution in [0.2, 0.25) is 0 Å². The highest BCUT2D eigenvalue weighted by molar-refractivity contribution is 8.01. The first-order valence-corrected chi connectivity index (χ1v) is 8.42. The van der Waals surface area contributed by atoms with Gasteiger partial charge >= 0.3 is 5.97 Å². The molecule has 6 heteroatoms. The molecule has 2 rings (SSSR count). The first kappa shape index (κ1) is 14.8. The fraction of sp³-hybridized carbons (Fsp3) is 0.692. The summed E-state index contributed by atoms with van der Waals surface area (Å²) in [5, 5.41) is 9.00. The minimum Gasteiger partial charge on any atom is -0.477 e. The molecule has 106 valence electrons. The van der Waals surface area contributed by atoms with Crippen LogP contribution in [0.15, 0.2) is 4.34 Å². The molecule has 19 heavy (non-hydrogen) atoms. The van der Waals surface area contributed by atoms with Gasteiger partial charge in [-0.25, -0.2) is 9.78 Å². The van der Waals surface area contributed by atoms with E-state index in [4.69, 9.17) is 5.11 Å². The van der Waals surface area contributed by atoms with E-state index in [2.05, 4.69) is 16.9 Å². The number of thiazole rings is 1. The molecule has 0 saturated carbocycles. The lowest BCUT2D eigenvalue weighted by atomic mass is 10.0. The second-order valence-corrected chi connectivity index (χ2v) is 7.31. The normalized spacial score (nSPS) is 20.6. The van der Waals surface area contributed by atoms with Gasteiger partial charge in [-0.05, 0) is 39.8 Å². The van der Waals surface area contributed by atoms with Gasteiger partial charge in [-0.2, -0.15) is 0 Å². The molecular formula is C13H20N2O2S2. The molecule has 1 aromatic heterocycles. The number of aromatic carboxylic acids is 1. The Balaban J connectivity index is 1.82. The fourth-order valence-electron chi connectivity index (χ4n) is 2.42. The summed E-state index contributed by atoms with van der Waals surface area (Å²) in [5.41, 5.74) is 0.634. The van der Waals surface area contributed by atoms with Gasteiger partial charge < -0.3 is 10.0 Å². The second kappa shape index (κ2) is 6.72. The molecule has 1 atom stereocenters. The van der Waals surface area contributed by atoms with Gasteiger partial charge in [0.15, 0.2) is 4.34 Å². The number of hydrogen-bond acceptors (Lipinski definition) is 5. The molecule has 0 aliphatic carbocycles. The Morgan fingerprint density at radius 1 is 1.58 bits per heavy atom. The average molecular weight is 300 g/mol. The zero-order valence-corrected chi connectivity index (χ0v) is 13.0. The van der Waals surface area contributed by atoms with Crippen LogP contribution >= 0.6 is 23.1 Å². The Kier molecular flexibility index (Phi) is 5.24. The van der Waals surface area contributed by atoms with Crippen LogP contribution in [0.4, 0.5) is 0 Å². The van der Waals surface area contributed by atoms with Crippen molar-refractivity contribution in [3.8, 4) is 0 Å². The van der Waals surface area contributed by atoms with E-state index >= 15 is 0 Å². The number of hydrogen-bond donors (Lipinski definition) is 1. The van der Waals surface area contributed by atoms with Crippen LogP contribution in [0.3, 0.4) is 0 Å². The molecule has 0 radical (unpaired) electrons. The van der Waals surface area contributed by atoms with Crippen molar-refractivity contribution in [2.24, 2.45) is 0 Å². The van der Waals surface area contributed by atoms with Crippen LogP contribution in [0, 0.1) is 6.92 Å². The number of carboxylic acids is 1. The number of carbonyl (C=O) groups is 1. The summed E-state index contributed by atoms with van der Waals surface area (Å²) in [6, 6.07) is 0.682. The summed E-state index contributed by atoms with van der Waals surface area (Å²) in [7, 11) is 2.20. The van der Waals surface area contributed by atoms with Crippen LogP contribution in [-0.4, -0.2) is 46.3 Å². The number of aromatic nitrogens is 1. The third kappa shape index (κ3) is 3.94. The SMILES string of the molecule is Cc1nc(SCCC2CCCCN2C)sc1C(=O)O. The quantitative estimate of drug-likeness (QED) is 0.847. The second-order valence-electron chi connectivity index (χ2n) is 4.97. The number of carboxylic acid groups (broad SMARTS) is 1. The van der Waals surface area contributed by atoms with Crippen LogP contribution in [0.25, 0.3) is 0 Å². The van der Waals surface area contributed by atoms with E-state index in [1.807, 2.05) is 0 Å². The van der Waals surface area contributed by atoms with E-state index in [-0.39, 0.29) is 0 Å². The summed E-state index contributed by atoms with van der Waals surface area (Å²) in [6.07, 6.45) is 5.09. The molecule has 4 nitrogen and oxygen atoms in total. The zero-order chi connectivity index (χ0) is 13.8. The lowest BCUT2D eigenvalue weighted by molar-refractivity contribution is 0.0701. The number of aryl methyl sites for hydroxylation is 1. The maximum atomic E-state index is 11.0. The van der Waals surface area contributed by atoms with Crippen molar-refractivity contribution in [2.75, 3.05) is 19.3 Å². The molecule has 0 bridgehead atoms. The van der Waals surface area contributed by atoms with Gasteiger partial charge in [-0.15, -0.1) is 11.3 Å². The lowest BCUT2D eigenvalue weighted by Crippen LogP contribution is -2.36. The summed E-state index contributed by atoms with van der Waals surface area (Å²) in [4.78, 5) is 18.1. The van der Waals surface area contributed by atoms with Crippen molar-refractivity contribution in [1.82, 2.24) is 9.88 Å². The summed E-state index contributed by atoms with van der Waals surface area (Å²) < 4.78 is 0.883. The van der Waals surface area contributed by atoms with E-state index in [1.165, 1.54) is 37.1 Å². The Labute approximate surface area is 122 Å². The van der Waals surface area contributed by atoms with Crippen molar-refractivity contribution >= 4 is 29.1 Å². The molecule has 1 unspecified atom stereocenters. The molecule has 1 N–H and O–H groups in total. The first-order chi connectivity index (χ1) is 9.08. The lowest BCUT2D eigenvalue weighted by Gasteiger charge is -2.32. The van der Waals surface area contributed by atoms with Gasteiger partial charge in [0.25, 0.3) is 0 Å². The minimum atomic E-state index is -0.867. The molecule has 1 aliphatic heterocycles. The smallest absolute Gasteiger partial charge is 0.347 e. The van der Waals surface area contributed by atoms with Crippen LogP contribution in [0.5, 0.6) is 0 Å². The summed E-state index contributed by atoms with van der Waals surface area (Å²) in [6.45, 7) is 2.97. The molecule has 0 amide bonds. The third-order valence-electron chi connectivity index (χ3n) is 3.57. The van der Waals surface area contributed by atoms with Gasteiger partial charge in [0.1, 0.15) is 4.88 Å². The largest absolute Gasteiger partial charge is 0.477 e. The van der Waals surface area contributed by atoms with Crippen molar-refractivity contribution in [3.63, 3.8) is 0 Å². The van der Waals surface area contributed by atoms with Crippen molar-refractivity contribution in [3.05, 3.63) is 10.6 Å².